The molecule has 0 spiro atoms. The van der Waals surface area contributed by atoms with Crippen LogP contribution in [0.15, 0.2) is 73.1 Å². The molecule has 144 valence electrons. The fraction of sp³-hybridized carbons (Fsp3) is 0.360. The molecule has 1 saturated heterocycles. The molecular formula is C25H29N3. The Morgan fingerprint density at radius 2 is 1.64 bits per heavy atom. The summed E-state index contributed by atoms with van der Waals surface area (Å²) in [6.45, 7) is 5.25. The summed E-state index contributed by atoms with van der Waals surface area (Å²) in [7, 11) is 0. The SMILES string of the molecule is Cc1ccc(CN2CCC(CCc3ccccc3)(c3ccccn3)CC2)cn1. The van der Waals surface area contributed by atoms with Crippen LogP contribution in [0.5, 0.6) is 0 Å². The van der Waals surface area contributed by atoms with Crippen LogP contribution in [0.2, 0.25) is 0 Å². The highest BCUT2D eigenvalue weighted by atomic mass is 15.1. The van der Waals surface area contributed by atoms with Crippen molar-refractivity contribution in [2.24, 2.45) is 0 Å². The highest BCUT2D eigenvalue weighted by molar-refractivity contribution is 5.22. The second-order valence-corrected chi connectivity index (χ2v) is 8.06. The molecule has 4 rings (SSSR count). The van der Waals surface area contributed by atoms with Crippen LogP contribution >= 0.6 is 0 Å². The lowest BCUT2D eigenvalue weighted by atomic mass is 9.71. The summed E-state index contributed by atoms with van der Waals surface area (Å²) < 4.78 is 0. The van der Waals surface area contributed by atoms with Crippen molar-refractivity contribution in [2.45, 2.75) is 44.6 Å². The molecule has 3 aromatic rings. The molecule has 0 atom stereocenters. The molecule has 0 saturated carbocycles. The zero-order valence-corrected chi connectivity index (χ0v) is 16.7. The molecule has 3 heterocycles. The van der Waals surface area contributed by atoms with Crippen LogP contribution in [0.3, 0.4) is 0 Å². The van der Waals surface area contributed by atoms with E-state index in [0.29, 0.717) is 0 Å². The van der Waals surface area contributed by atoms with Gasteiger partial charge in [-0.1, -0.05) is 42.5 Å². The summed E-state index contributed by atoms with van der Waals surface area (Å²) in [6, 6.07) is 21.6. The van der Waals surface area contributed by atoms with Crippen molar-refractivity contribution in [1.29, 1.82) is 0 Å². The van der Waals surface area contributed by atoms with E-state index in [1.807, 2.05) is 25.4 Å². The van der Waals surface area contributed by atoms with Gasteiger partial charge >= 0.3 is 0 Å². The Labute approximate surface area is 168 Å². The van der Waals surface area contributed by atoms with Gasteiger partial charge in [-0.2, -0.15) is 0 Å². The van der Waals surface area contributed by atoms with E-state index in [1.54, 1.807) is 0 Å². The number of hydrogen-bond donors (Lipinski definition) is 0. The third kappa shape index (κ3) is 4.48. The van der Waals surface area contributed by atoms with Crippen LogP contribution in [0, 0.1) is 6.92 Å². The first kappa shape index (κ1) is 18.8. The first-order valence-corrected chi connectivity index (χ1v) is 10.3. The minimum atomic E-state index is 0.180. The van der Waals surface area contributed by atoms with Crippen molar-refractivity contribution in [2.75, 3.05) is 13.1 Å². The standard InChI is InChI=1S/C25H29N3/c1-21-10-11-23(19-27-21)20-28-17-14-25(15-18-28,24-9-5-6-16-26-24)13-12-22-7-3-2-4-8-22/h2-11,16,19H,12-15,17-18,20H2,1H3. The van der Waals surface area contributed by atoms with E-state index in [2.05, 4.69) is 64.5 Å². The Morgan fingerprint density at radius 1 is 0.857 bits per heavy atom. The van der Waals surface area contributed by atoms with Crippen LogP contribution in [-0.2, 0) is 18.4 Å². The third-order valence-electron chi connectivity index (χ3n) is 6.14. The summed E-state index contributed by atoms with van der Waals surface area (Å²) in [6.07, 6.45) is 8.56. The molecule has 1 fully saturated rings. The molecule has 1 aromatic carbocycles. The summed E-state index contributed by atoms with van der Waals surface area (Å²) in [5, 5.41) is 0. The van der Waals surface area contributed by atoms with Crippen LogP contribution in [0.1, 0.15) is 41.8 Å². The highest BCUT2D eigenvalue weighted by Crippen LogP contribution is 2.39. The number of likely N-dealkylation sites (tertiary alicyclic amines) is 1. The molecule has 0 unspecified atom stereocenters. The molecule has 1 aliphatic heterocycles. The van der Waals surface area contributed by atoms with Gasteiger partial charge in [0.1, 0.15) is 0 Å². The highest BCUT2D eigenvalue weighted by Gasteiger charge is 2.36. The van der Waals surface area contributed by atoms with Gasteiger partial charge in [0.05, 0.1) is 0 Å². The molecule has 3 heteroatoms. The van der Waals surface area contributed by atoms with Gasteiger partial charge in [-0.3, -0.25) is 14.9 Å². The number of rotatable bonds is 6. The predicted molar refractivity (Wildman–Crippen MR) is 114 cm³/mol. The zero-order chi connectivity index (χ0) is 19.2. The van der Waals surface area contributed by atoms with Crippen molar-refractivity contribution in [3.63, 3.8) is 0 Å². The lowest BCUT2D eigenvalue weighted by Crippen LogP contribution is -2.43. The molecule has 3 nitrogen and oxygen atoms in total. The molecule has 0 amide bonds. The molecule has 0 N–H and O–H groups in total. The van der Waals surface area contributed by atoms with E-state index in [9.17, 15) is 0 Å². The monoisotopic (exact) mass is 371 g/mol. The van der Waals surface area contributed by atoms with Crippen LogP contribution in [-0.4, -0.2) is 28.0 Å². The van der Waals surface area contributed by atoms with Crippen LogP contribution in [0.4, 0.5) is 0 Å². The fourth-order valence-electron chi connectivity index (χ4n) is 4.33. The maximum atomic E-state index is 4.78. The maximum Gasteiger partial charge on any atom is 0.0466 e. The molecule has 0 radical (unpaired) electrons. The largest absolute Gasteiger partial charge is 0.299 e. The summed E-state index contributed by atoms with van der Waals surface area (Å²) in [5.74, 6) is 0. The summed E-state index contributed by atoms with van der Waals surface area (Å²) in [5.41, 5.74) is 5.25. The van der Waals surface area contributed by atoms with Gasteiger partial charge in [0, 0.05) is 35.7 Å². The van der Waals surface area contributed by atoms with E-state index >= 15 is 0 Å². The van der Waals surface area contributed by atoms with Crippen molar-refractivity contribution < 1.29 is 0 Å². The Morgan fingerprint density at radius 3 is 2.32 bits per heavy atom. The van der Waals surface area contributed by atoms with Gasteiger partial charge in [-0.15, -0.1) is 0 Å². The fourth-order valence-corrected chi connectivity index (χ4v) is 4.33. The molecule has 0 aliphatic carbocycles. The number of benzene rings is 1. The minimum absolute atomic E-state index is 0.180. The molecule has 28 heavy (non-hydrogen) atoms. The normalized spacial score (nSPS) is 16.8. The van der Waals surface area contributed by atoms with Crippen molar-refractivity contribution in [1.82, 2.24) is 14.9 Å². The predicted octanol–water partition coefficient (Wildman–Crippen LogP) is 4.95. The number of aromatic nitrogens is 2. The smallest absolute Gasteiger partial charge is 0.0466 e. The average molecular weight is 372 g/mol. The third-order valence-corrected chi connectivity index (χ3v) is 6.14. The van der Waals surface area contributed by atoms with Crippen LogP contribution in [0.25, 0.3) is 0 Å². The zero-order valence-electron chi connectivity index (χ0n) is 16.7. The Hall–Kier alpha value is -2.52. The van der Waals surface area contributed by atoms with E-state index in [1.165, 1.54) is 16.8 Å². The van der Waals surface area contributed by atoms with Gasteiger partial charge in [0.15, 0.2) is 0 Å². The summed E-state index contributed by atoms with van der Waals surface area (Å²) >= 11 is 0. The Balaban J connectivity index is 1.46. The number of pyridine rings is 2. The van der Waals surface area contributed by atoms with Gasteiger partial charge < -0.3 is 0 Å². The number of piperidine rings is 1. The Kier molecular flexibility index (Phi) is 5.82. The van der Waals surface area contributed by atoms with Gasteiger partial charge in [-0.25, -0.2) is 0 Å². The maximum absolute atomic E-state index is 4.78. The van der Waals surface area contributed by atoms with Gasteiger partial charge in [0.2, 0.25) is 0 Å². The molecule has 2 aromatic heterocycles. The Bertz CT molecular complexity index is 851. The number of aryl methyl sites for hydroxylation is 2. The molecule has 0 bridgehead atoms. The van der Waals surface area contributed by atoms with E-state index < -0.39 is 0 Å². The van der Waals surface area contributed by atoms with Crippen molar-refractivity contribution >= 4 is 0 Å². The lowest BCUT2D eigenvalue weighted by molar-refractivity contribution is 0.143. The first-order chi connectivity index (χ1) is 13.7. The lowest BCUT2D eigenvalue weighted by Gasteiger charge is -2.42. The van der Waals surface area contributed by atoms with Gasteiger partial charge in [0.25, 0.3) is 0 Å². The first-order valence-electron chi connectivity index (χ1n) is 10.3. The topological polar surface area (TPSA) is 29.0 Å². The van der Waals surface area contributed by atoms with Crippen LogP contribution < -0.4 is 0 Å². The second kappa shape index (κ2) is 8.66. The average Bonchev–Trinajstić information content (AvgIpc) is 2.76. The van der Waals surface area contributed by atoms with E-state index in [-0.39, 0.29) is 5.41 Å². The minimum Gasteiger partial charge on any atom is -0.299 e. The van der Waals surface area contributed by atoms with Crippen molar-refractivity contribution in [3.05, 3.63) is 95.6 Å². The van der Waals surface area contributed by atoms with E-state index in [4.69, 9.17) is 4.98 Å². The summed E-state index contributed by atoms with van der Waals surface area (Å²) in [4.78, 5) is 11.8. The second-order valence-electron chi connectivity index (χ2n) is 8.06. The van der Waals surface area contributed by atoms with Crippen molar-refractivity contribution in [3.8, 4) is 0 Å². The number of hydrogen-bond acceptors (Lipinski definition) is 3. The molecular weight excluding hydrogens is 342 g/mol. The van der Waals surface area contributed by atoms with E-state index in [0.717, 1.165) is 51.0 Å². The molecule has 1 aliphatic rings. The quantitative estimate of drug-likeness (QED) is 0.614. The number of nitrogens with zero attached hydrogens (tertiary/aromatic N) is 3. The van der Waals surface area contributed by atoms with Gasteiger partial charge in [-0.05, 0) is 75.0 Å².